The van der Waals surface area contributed by atoms with Crippen molar-refractivity contribution < 1.29 is 9.53 Å². The summed E-state index contributed by atoms with van der Waals surface area (Å²) in [5, 5.41) is 9.18. The van der Waals surface area contributed by atoms with Gasteiger partial charge in [-0.3, -0.25) is 4.99 Å². The Morgan fingerprint density at radius 1 is 1.10 bits per heavy atom. The van der Waals surface area contributed by atoms with Crippen LogP contribution in [-0.4, -0.2) is 40.6 Å². The zero-order chi connectivity index (χ0) is 21.8. The molecule has 0 saturated heterocycles. The van der Waals surface area contributed by atoms with Gasteiger partial charge in [0.1, 0.15) is 11.3 Å². The van der Waals surface area contributed by atoms with E-state index in [1.807, 2.05) is 56.5 Å². The highest BCUT2D eigenvalue weighted by atomic mass is 32.1. The standard InChI is InChI=1S/C23H25N5O2S/c1-23(2,3)30-20(29)16-8-4-7-15(13-16)17-9-5-10-18(26-17)19-14-31-22(27-19)28-21-24-11-6-12-25-21/h4-5,7-10,13-14H,6,11-12H2,1-3H3,(H2,24,25,27,28). The van der Waals surface area contributed by atoms with E-state index in [0.717, 1.165) is 53.2 Å². The number of esters is 1. The number of ether oxygens (including phenoxy) is 1. The minimum absolute atomic E-state index is 0.347. The largest absolute Gasteiger partial charge is 0.456 e. The maximum atomic E-state index is 12.4. The van der Waals surface area contributed by atoms with E-state index < -0.39 is 5.60 Å². The van der Waals surface area contributed by atoms with Gasteiger partial charge in [0, 0.05) is 24.0 Å². The molecule has 160 valence electrons. The second-order valence-corrected chi connectivity index (χ2v) is 9.02. The fraction of sp³-hybridized carbons (Fsp3) is 0.304. The van der Waals surface area contributed by atoms with Crippen molar-refractivity contribution in [3.8, 4) is 22.6 Å². The number of aromatic nitrogens is 2. The van der Waals surface area contributed by atoms with Crippen molar-refractivity contribution in [1.82, 2.24) is 15.3 Å². The number of nitrogens with zero attached hydrogens (tertiary/aromatic N) is 3. The molecule has 0 bridgehead atoms. The highest BCUT2D eigenvalue weighted by Crippen LogP contribution is 2.27. The average molecular weight is 436 g/mol. The number of thiazole rings is 1. The number of carbonyl (C=O) groups is 1. The summed E-state index contributed by atoms with van der Waals surface area (Å²) in [6.07, 6.45) is 1.04. The molecule has 0 spiro atoms. The lowest BCUT2D eigenvalue weighted by molar-refractivity contribution is 0.00696. The molecule has 4 rings (SSSR count). The van der Waals surface area contributed by atoms with Gasteiger partial charge in [-0.05, 0) is 51.5 Å². The Labute approximate surface area is 185 Å². The molecular formula is C23H25N5O2S. The van der Waals surface area contributed by atoms with Crippen LogP contribution < -0.4 is 10.6 Å². The van der Waals surface area contributed by atoms with Crippen LogP contribution in [0.4, 0.5) is 5.13 Å². The Kier molecular flexibility index (Phi) is 5.99. The average Bonchev–Trinajstić information content (AvgIpc) is 3.22. The Morgan fingerprint density at radius 2 is 1.90 bits per heavy atom. The molecule has 0 unspecified atom stereocenters. The van der Waals surface area contributed by atoms with E-state index in [4.69, 9.17) is 9.72 Å². The third kappa shape index (κ3) is 5.46. The first-order valence-electron chi connectivity index (χ1n) is 10.2. The number of hydrogen-bond acceptors (Lipinski definition) is 8. The van der Waals surface area contributed by atoms with Gasteiger partial charge in [-0.1, -0.05) is 18.2 Å². The Bertz CT molecular complexity index is 1120. The Morgan fingerprint density at radius 3 is 2.68 bits per heavy atom. The molecule has 1 aromatic carbocycles. The number of nitrogens with one attached hydrogen (secondary N) is 2. The number of benzene rings is 1. The Balaban J connectivity index is 1.55. The molecule has 1 aliphatic heterocycles. The van der Waals surface area contributed by atoms with E-state index in [1.54, 1.807) is 12.1 Å². The first-order valence-corrected chi connectivity index (χ1v) is 11.1. The van der Waals surface area contributed by atoms with E-state index in [2.05, 4.69) is 20.6 Å². The summed E-state index contributed by atoms with van der Waals surface area (Å²) in [4.78, 5) is 26.3. The topological polar surface area (TPSA) is 88.5 Å². The molecule has 1 aliphatic rings. The van der Waals surface area contributed by atoms with Gasteiger partial charge in [-0.15, -0.1) is 11.3 Å². The predicted octanol–water partition coefficient (Wildman–Crippen LogP) is 4.59. The maximum absolute atomic E-state index is 12.4. The second kappa shape index (κ2) is 8.85. The molecule has 0 radical (unpaired) electrons. The lowest BCUT2D eigenvalue weighted by Crippen LogP contribution is -2.35. The van der Waals surface area contributed by atoms with E-state index in [1.165, 1.54) is 11.3 Å². The third-order valence-electron chi connectivity index (χ3n) is 4.43. The number of guanidine groups is 1. The number of carbonyl (C=O) groups excluding carboxylic acids is 1. The minimum Gasteiger partial charge on any atom is -0.456 e. The Hall–Kier alpha value is -3.26. The van der Waals surface area contributed by atoms with Gasteiger partial charge < -0.3 is 15.4 Å². The van der Waals surface area contributed by atoms with Gasteiger partial charge in [0.25, 0.3) is 0 Å². The number of pyridine rings is 1. The van der Waals surface area contributed by atoms with Crippen LogP contribution in [0, 0.1) is 0 Å². The zero-order valence-electron chi connectivity index (χ0n) is 17.8. The summed E-state index contributed by atoms with van der Waals surface area (Å²) >= 11 is 1.51. The van der Waals surface area contributed by atoms with Crippen molar-refractivity contribution in [3.05, 3.63) is 53.4 Å². The minimum atomic E-state index is -0.541. The summed E-state index contributed by atoms with van der Waals surface area (Å²) in [5.41, 5.74) is 3.13. The number of aliphatic imine (C=N–C) groups is 1. The van der Waals surface area contributed by atoms with Crippen molar-refractivity contribution in [1.29, 1.82) is 0 Å². The smallest absolute Gasteiger partial charge is 0.338 e. The van der Waals surface area contributed by atoms with Crippen LogP contribution in [0.2, 0.25) is 0 Å². The van der Waals surface area contributed by atoms with E-state index >= 15 is 0 Å². The zero-order valence-corrected chi connectivity index (χ0v) is 18.6. The van der Waals surface area contributed by atoms with Crippen LogP contribution in [0.5, 0.6) is 0 Å². The molecule has 3 aromatic rings. The van der Waals surface area contributed by atoms with Crippen LogP contribution in [0.1, 0.15) is 37.6 Å². The summed E-state index contributed by atoms with van der Waals surface area (Å²) in [6.45, 7) is 7.30. The van der Waals surface area contributed by atoms with E-state index in [-0.39, 0.29) is 5.97 Å². The molecule has 0 amide bonds. The van der Waals surface area contributed by atoms with Gasteiger partial charge in [0.05, 0.1) is 17.0 Å². The fourth-order valence-electron chi connectivity index (χ4n) is 3.05. The van der Waals surface area contributed by atoms with Crippen molar-refractivity contribution in [3.63, 3.8) is 0 Å². The lowest BCUT2D eigenvalue weighted by Gasteiger charge is -2.19. The molecule has 0 fully saturated rings. The van der Waals surface area contributed by atoms with Crippen LogP contribution in [0.15, 0.2) is 52.8 Å². The van der Waals surface area contributed by atoms with Gasteiger partial charge in [0.2, 0.25) is 0 Å². The lowest BCUT2D eigenvalue weighted by atomic mass is 10.1. The summed E-state index contributed by atoms with van der Waals surface area (Å²) in [7, 11) is 0. The van der Waals surface area contributed by atoms with Gasteiger partial charge >= 0.3 is 5.97 Å². The first kappa shape index (κ1) is 21.0. The maximum Gasteiger partial charge on any atom is 0.338 e. The molecule has 8 heteroatoms. The van der Waals surface area contributed by atoms with Crippen LogP contribution in [0.3, 0.4) is 0 Å². The molecular weight excluding hydrogens is 410 g/mol. The highest BCUT2D eigenvalue weighted by molar-refractivity contribution is 7.14. The van der Waals surface area contributed by atoms with Gasteiger partial charge in [-0.25, -0.2) is 14.8 Å². The predicted molar refractivity (Wildman–Crippen MR) is 124 cm³/mol. The number of rotatable bonds is 4. The molecule has 7 nitrogen and oxygen atoms in total. The molecule has 3 heterocycles. The summed E-state index contributed by atoms with van der Waals surface area (Å²) in [6, 6.07) is 13.1. The SMILES string of the molecule is CC(C)(C)OC(=O)c1cccc(-c2cccc(-c3csc(NC4=NCCCN4)n3)n2)c1. The molecule has 0 aliphatic carbocycles. The van der Waals surface area contributed by atoms with Crippen molar-refractivity contribution >= 4 is 28.4 Å². The van der Waals surface area contributed by atoms with Crippen molar-refractivity contribution in [2.75, 3.05) is 18.4 Å². The molecule has 0 saturated carbocycles. The first-order chi connectivity index (χ1) is 14.9. The summed E-state index contributed by atoms with van der Waals surface area (Å²) < 4.78 is 5.48. The van der Waals surface area contributed by atoms with E-state index in [9.17, 15) is 4.79 Å². The van der Waals surface area contributed by atoms with Gasteiger partial charge in [0.15, 0.2) is 11.1 Å². The van der Waals surface area contributed by atoms with E-state index in [0.29, 0.717) is 5.56 Å². The molecule has 0 atom stereocenters. The van der Waals surface area contributed by atoms with Gasteiger partial charge in [-0.2, -0.15) is 0 Å². The summed E-state index contributed by atoms with van der Waals surface area (Å²) in [5.74, 6) is 0.410. The van der Waals surface area contributed by atoms with Crippen LogP contribution in [-0.2, 0) is 4.74 Å². The highest BCUT2D eigenvalue weighted by Gasteiger charge is 2.18. The quantitative estimate of drug-likeness (QED) is 0.583. The van der Waals surface area contributed by atoms with Crippen molar-refractivity contribution in [2.24, 2.45) is 4.99 Å². The molecule has 2 N–H and O–H groups in total. The van der Waals surface area contributed by atoms with Crippen molar-refractivity contribution in [2.45, 2.75) is 32.8 Å². The normalized spacial score (nSPS) is 13.8. The number of anilines is 1. The fourth-order valence-corrected chi connectivity index (χ4v) is 3.75. The van der Waals surface area contributed by atoms with Crippen LogP contribution in [0.25, 0.3) is 22.6 Å². The monoisotopic (exact) mass is 435 g/mol. The molecule has 2 aromatic heterocycles. The second-order valence-electron chi connectivity index (χ2n) is 8.16. The molecule has 31 heavy (non-hydrogen) atoms. The third-order valence-corrected chi connectivity index (χ3v) is 5.19. The number of hydrogen-bond donors (Lipinski definition) is 2. The van der Waals surface area contributed by atoms with Crippen LogP contribution >= 0.6 is 11.3 Å².